The molecule has 3 heteroatoms. The molecule has 0 unspecified atom stereocenters. The Morgan fingerprint density at radius 2 is 1.83 bits per heavy atom. The summed E-state index contributed by atoms with van der Waals surface area (Å²) >= 11 is 0. The highest BCUT2D eigenvalue weighted by molar-refractivity contribution is 5.75. The van der Waals surface area contributed by atoms with Gasteiger partial charge in [0.25, 0.3) is 0 Å². The Morgan fingerprint density at radius 1 is 1.06 bits per heavy atom. The van der Waals surface area contributed by atoms with Crippen LogP contribution in [0.15, 0.2) is 48.5 Å². The molecule has 0 N–H and O–H groups in total. The molecule has 0 aliphatic heterocycles. The lowest BCUT2D eigenvalue weighted by molar-refractivity contribution is 0.112. The van der Waals surface area contributed by atoms with Gasteiger partial charge in [0, 0.05) is 5.56 Å². The van der Waals surface area contributed by atoms with Gasteiger partial charge in [-0.25, -0.2) is 0 Å². The predicted octanol–water partition coefficient (Wildman–Crippen LogP) is 3.09. The van der Waals surface area contributed by atoms with Crippen LogP contribution in [0.5, 0.6) is 11.5 Å². The highest BCUT2D eigenvalue weighted by Gasteiger charge is 1.99. The Labute approximate surface area is 106 Å². The number of rotatable bonds is 5. The van der Waals surface area contributed by atoms with Crippen molar-refractivity contribution in [1.82, 2.24) is 0 Å². The molecule has 0 heterocycles. The third-order valence-electron chi connectivity index (χ3n) is 2.53. The molecule has 92 valence electrons. The topological polar surface area (TPSA) is 35.5 Å². The number of methoxy groups -OCH3 is 1. The summed E-state index contributed by atoms with van der Waals surface area (Å²) in [5.41, 5.74) is 1.63. The molecule has 0 aromatic heterocycles. The molecular weight excluding hydrogens is 228 g/mol. The van der Waals surface area contributed by atoms with Gasteiger partial charge in [-0.3, -0.25) is 4.79 Å². The second-order valence-corrected chi connectivity index (χ2v) is 3.83. The van der Waals surface area contributed by atoms with Gasteiger partial charge in [-0.1, -0.05) is 24.3 Å². The van der Waals surface area contributed by atoms with Crippen LogP contribution in [0.2, 0.25) is 0 Å². The molecule has 0 aliphatic carbocycles. The van der Waals surface area contributed by atoms with Gasteiger partial charge in [-0.15, -0.1) is 0 Å². The fourth-order valence-electron chi connectivity index (χ4n) is 1.61. The summed E-state index contributed by atoms with van der Waals surface area (Å²) < 4.78 is 10.8. The average molecular weight is 242 g/mol. The van der Waals surface area contributed by atoms with Gasteiger partial charge in [-0.05, 0) is 29.8 Å². The number of hydrogen-bond donors (Lipinski definition) is 0. The second kappa shape index (κ2) is 5.87. The second-order valence-electron chi connectivity index (χ2n) is 3.83. The van der Waals surface area contributed by atoms with Gasteiger partial charge < -0.3 is 9.47 Å². The smallest absolute Gasteiger partial charge is 0.150 e. The summed E-state index contributed by atoms with van der Waals surface area (Å²) in [6.07, 6.45) is 0.804. The Balaban J connectivity index is 2.03. The maximum atomic E-state index is 10.6. The van der Waals surface area contributed by atoms with E-state index in [1.54, 1.807) is 25.3 Å². The van der Waals surface area contributed by atoms with Gasteiger partial charge in [0.1, 0.15) is 24.4 Å². The van der Waals surface area contributed by atoms with Crippen LogP contribution in [-0.4, -0.2) is 13.4 Å². The SMILES string of the molecule is COc1cccc(COc2cccc(C=O)c2)c1. The van der Waals surface area contributed by atoms with Crippen LogP contribution >= 0.6 is 0 Å². The fraction of sp³-hybridized carbons (Fsp3) is 0.133. The Hall–Kier alpha value is -2.29. The Morgan fingerprint density at radius 3 is 2.61 bits per heavy atom. The highest BCUT2D eigenvalue weighted by atomic mass is 16.5. The largest absolute Gasteiger partial charge is 0.497 e. The lowest BCUT2D eigenvalue weighted by atomic mass is 10.2. The third-order valence-corrected chi connectivity index (χ3v) is 2.53. The average Bonchev–Trinajstić information content (AvgIpc) is 2.45. The fourth-order valence-corrected chi connectivity index (χ4v) is 1.61. The van der Waals surface area contributed by atoms with Crippen molar-refractivity contribution in [3.05, 3.63) is 59.7 Å². The van der Waals surface area contributed by atoms with Crippen molar-refractivity contribution in [2.75, 3.05) is 7.11 Å². The number of aldehydes is 1. The standard InChI is InChI=1S/C15H14O3/c1-17-14-6-3-5-13(9-14)11-18-15-7-2-4-12(8-15)10-16/h2-10H,11H2,1H3. The molecule has 0 saturated heterocycles. The van der Waals surface area contributed by atoms with E-state index in [-0.39, 0.29) is 0 Å². The zero-order valence-corrected chi connectivity index (χ0v) is 10.1. The first-order chi connectivity index (χ1) is 8.81. The van der Waals surface area contributed by atoms with Gasteiger partial charge in [0.15, 0.2) is 0 Å². The van der Waals surface area contributed by atoms with Crippen LogP contribution < -0.4 is 9.47 Å². The predicted molar refractivity (Wildman–Crippen MR) is 69.2 cm³/mol. The normalized spacial score (nSPS) is 9.83. The van der Waals surface area contributed by atoms with E-state index in [1.165, 1.54) is 0 Å². The minimum absolute atomic E-state index is 0.444. The molecule has 0 fully saturated rings. The third kappa shape index (κ3) is 3.10. The molecule has 2 aromatic rings. The van der Waals surface area contributed by atoms with E-state index in [2.05, 4.69) is 0 Å². The summed E-state index contributed by atoms with van der Waals surface area (Å²) in [4.78, 5) is 10.6. The van der Waals surface area contributed by atoms with E-state index in [4.69, 9.17) is 9.47 Å². The number of carbonyl (C=O) groups is 1. The lowest BCUT2D eigenvalue weighted by Crippen LogP contribution is -1.96. The van der Waals surface area contributed by atoms with Crippen molar-refractivity contribution in [2.45, 2.75) is 6.61 Å². The van der Waals surface area contributed by atoms with Gasteiger partial charge in [0.05, 0.1) is 7.11 Å². The van der Waals surface area contributed by atoms with Gasteiger partial charge in [0.2, 0.25) is 0 Å². The van der Waals surface area contributed by atoms with Gasteiger partial charge >= 0.3 is 0 Å². The van der Waals surface area contributed by atoms with Gasteiger partial charge in [-0.2, -0.15) is 0 Å². The number of ether oxygens (including phenoxy) is 2. The Bertz CT molecular complexity index is 535. The van der Waals surface area contributed by atoms with Crippen LogP contribution in [0.4, 0.5) is 0 Å². The number of carbonyl (C=O) groups excluding carboxylic acids is 1. The van der Waals surface area contributed by atoms with Crippen LogP contribution in [0, 0.1) is 0 Å². The molecule has 0 bridgehead atoms. The summed E-state index contributed by atoms with van der Waals surface area (Å²) in [5.74, 6) is 1.49. The summed E-state index contributed by atoms with van der Waals surface area (Å²) in [6.45, 7) is 0.444. The van der Waals surface area contributed by atoms with E-state index in [9.17, 15) is 4.79 Å². The van der Waals surface area contributed by atoms with Crippen molar-refractivity contribution in [1.29, 1.82) is 0 Å². The van der Waals surface area contributed by atoms with Crippen molar-refractivity contribution in [3.63, 3.8) is 0 Å². The van der Waals surface area contributed by atoms with Crippen LogP contribution in [0.25, 0.3) is 0 Å². The van der Waals surface area contributed by atoms with E-state index in [1.807, 2.05) is 30.3 Å². The summed E-state index contributed by atoms with van der Waals surface area (Å²) in [6, 6.07) is 14.8. The van der Waals surface area contributed by atoms with E-state index < -0.39 is 0 Å². The number of benzene rings is 2. The number of hydrogen-bond acceptors (Lipinski definition) is 3. The minimum Gasteiger partial charge on any atom is -0.497 e. The Kier molecular flexibility index (Phi) is 3.97. The van der Waals surface area contributed by atoms with Crippen molar-refractivity contribution >= 4 is 6.29 Å². The zero-order valence-electron chi connectivity index (χ0n) is 10.1. The first-order valence-corrected chi connectivity index (χ1v) is 5.63. The molecule has 2 rings (SSSR count). The maximum Gasteiger partial charge on any atom is 0.150 e. The molecule has 0 atom stereocenters. The maximum absolute atomic E-state index is 10.6. The summed E-state index contributed by atoms with van der Waals surface area (Å²) in [5, 5.41) is 0. The van der Waals surface area contributed by atoms with E-state index in [0.717, 1.165) is 17.6 Å². The molecule has 18 heavy (non-hydrogen) atoms. The van der Waals surface area contributed by atoms with Crippen LogP contribution in [0.1, 0.15) is 15.9 Å². The molecule has 0 aliphatic rings. The molecular formula is C15H14O3. The quantitative estimate of drug-likeness (QED) is 0.756. The molecule has 2 aromatic carbocycles. The van der Waals surface area contributed by atoms with Crippen molar-refractivity contribution in [2.24, 2.45) is 0 Å². The van der Waals surface area contributed by atoms with Crippen molar-refractivity contribution < 1.29 is 14.3 Å². The van der Waals surface area contributed by atoms with Crippen LogP contribution in [-0.2, 0) is 6.61 Å². The molecule has 0 amide bonds. The van der Waals surface area contributed by atoms with Crippen molar-refractivity contribution in [3.8, 4) is 11.5 Å². The van der Waals surface area contributed by atoms with E-state index in [0.29, 0.717) is 17.9 Å². The van der Waals surface area contributed by atoms with E-state index >= 15 is 0 Å². The monoisotopic (exact) mass is 242 g/mol. The zero-order chi connectivity index (χ0) is 12.8. The molecule has 0 saturated carbocycles. The lowest BCUT2D eigenvalue weighted by Gasteiger charge is -2.07. The minimum atomic E-state index is 0.444. The summed E-state index contributed by atoms with van der Waals surface area (Å²) in [7, 11) is 1.63. The molecule has 3 nitrogen and oxygen atoms in total. The highest BCUT2D eigenvalue weighted by Crippen LogP contribution is 2.17. The molecule has 0 radical (unpaired) electrons. The first kappa shape index (κ1) is 12.2. The first-order valence-electron chi connectivity index (χ1n) is 5.63. The van der Waals surface area contributed by atoms with Crippen LogP contribution in [0.3, 0.4) is 0 Å². The molecule has 0 spiro atoms.